The maximum absolute atomic E-state index is 13.1. The molecule has 0 radical (unpaired) electrons. The van der Waals surface area contributed by atoms with Gasteiger partial charge in [-0.1, -0.05) is 47.5 Å². The number of rotatable bonds is 5. The van der Waals surface area contributed by atoms with Crippen molar-refractivity contribution in [2.75, 3.05) is 18.0 Å². The van der Waals surface area contributed by atoms with E-state index in [4.69, 9.17) is 23.2 Å². The van der Waals surface area contributed by atoms with Crippen LogP contribution >= 0.6 is 23.2 Å². The van der Waals surface area contributed by atoms with Gasteiger partial charge >= 0.3 is 0 Å². The summed E-state index contributed by atoms with van der Waals surface area (Å²) in [6, 6.07) is 10.2. The number of pyridine rings is 1. The van der Waals surface area contributed by atoms with Crippen LogP contribution in [0.15, 0.2) is 48.9 Å². The Balaban J connectivity index is 1.31. The lowest BCUT2D eigenvalue weighted by Crippen LogP contribution is -2.49. The van der Waals surface area contributed by atoms with E-state index >= 15 is 0 Å². The molecule has 0 saturated carbocycles. The maximum Gasteiger partial charge on any atom is 0.147 e. The average molecular weight is 561 g/mol. The quantitative estimate of drug-likeness (QED) is 0.327. The number of aromatic nitrogens is 3. The van der Waals surface area contributed by atoms with Gasteiger partial charge in [0.15, 0.2) is 0 Å². The summed E-state index contributed by atoms with van der Waals surface area (Å²) in [4.78, 5) is 15.2. The fraction of sp³-hybridized carbons (Fsp3) is 0.444. The molecule has 3 heterocycles. The standard InChI is InChI=1S/C27H31Cl2N5O2S/c1-26(2,3)37(36)33-24-18-7-5-4-6-17(18)14-27(24)9-12-34(13-10-27)21-16-31-20(15-32-21)23(35)19-8-11-30-25(29)22(19)28/h4-8,11,15-16,23-24,33,35H,9-10,12-14H2,1-3H3/t23-,24-,37-/m1/s1. The Hall–Kier alpha value is -1.94. The van der Waals surface area contributed by atoms with Crippen molar-refractivity contribution >= 4 is 40.4 Å². The molecule has 196 valence electrons. The SMILES string of the molecule is CC(C)(C)[S@@+]([O-])N[C@@H]1c2ccccc2CC12CCN(c1cnc([C@H](O)c3ccnc(Cl)c3Cl)cn1)CC2. The third-order valence-corrected chi connectivity index (χ3v) is 9.84. The van der Waals surface area contributed by atoms with Crippen molar-refractivity contribution in [2.24, 2.45) is 5.41 Å². The maximum atomic E-state index is 13.1. The van der Waals surface area contributed by atoms with Gasteiger partial charge in [0.1, 0.15) is 21.8 Å². The van der Waals surface area contributed by atoms with E-state index in [-0.39, 0.29) is 26.4 Å². The summed E-state index contributed by atoms with van der Waals surface area (Å²) in [5, 5.41) is 11.1. The molecule has 3 aromatic rings. The van der Waals surface area contributed by atoms with Crippen LogP contribution in [-0.2, 0) is 17.8 Å². The Morgan fingerprint density at radius 2 is 1.84 bits per heavy atom. The van der Waals surface area contributed by atoms with Crippen LogP contribution in [0.1, 0.15) is 68.1 Å². The highest BCUT2D eigenvalue weighted by Crippen LogP contribution is 2.52. The number of piperidine rings is 1. The summed E-state index contributed by atoms with van der Waals surface area (Å²) in [5.41, 5.74) is 3.44. The van der Waals surface area contributed by atoms with Crippen LogP contribution in [-0.4, -0.2) is 42.4 Å². The Morgan fingerprint density at radius 1 is 1.11 bits per heavy atom. The average Bonchev–Trinajstić information content (AvgIpc) is 3.17. The van der Waals surface area contributed by atoms with Gasteiger partial charge in [0.2, 0.25) is 0 Å². The molecular weight excluding hydrogens is 529 g/mol. The van der Waals surface area contributed by atoms with E-state index in [1.165, 1.54) is 17.3 Å². The Morgan fingerprint density at radius 3 is 2.51 bits per heavy atom. The van der Waals surface area contributed by atoms with E-state index in [9.17, 15) is 9.66 Å². The molecule has 37 heavy (non-hydrogen) atoms. The number of hydrogen-bond acceptors (Lipinski definition) is 7. The molecule has 3 atom stereocenters. The molecule has 1 saturated heterocycles. The summed E-state index contributed by atoms with van der Waals surface area (Å²) in [6.45, 7) is 7.64. The molecule has 0 bridgehead atoms. The van der Waals surface area contributed by atoms with Crippen molar-refractivity contribution in [2.45, 2.75) is 56.9 Å². The lowest BCUT2D eigenvalue weighted by molar-refractivity contribution is 0.176. The highest BCUT2D eigenvalue weighted by molar-refractivity contribution is 7.90. The molecule has 1 aliphatic heterocycles. The molecule has 1 spiro atoms. The number of nitrogens with zero attached hydrogens (tertiary/aromatic N) is 4. The first kappa shape index (κ1) is 26.7. The largest absolute Gasteiger partial charge is 0.598 e. The third-order valence-electron chi connectivity index (χ3n) is 7.49. The summed E-state index contributed by atoms with van der Waals surface area (Å²) >= 11 is 11.0. The molecule has 2 N–H and O–H groups in total. The van der Waals surface area contributed by atoms with E-state index < -0.39 is 17.5 Å². The van der Waals surface area contributed by atoms with Gasteiger partial charge in [-0.15, -0.1) is 4.72 Å². The number of hydrogen-bond donors (Lipinski definition) is 2. The molecule has 0 amide bonds. The zero-order valence-corrected chi connectivity index (χ0v) is 23.4. The molecule has 0 unspecified atom stereocenters. The summed E-state index contributed by atoms with van der Waals surface area (Å²) < 4.78 is 16.3. The lowest BCUT2D eigenvalue weighted by atomic mass is 9.73. The van der Waals surface area contributed by atoms with Crippen molar-refractivity contribution in [3.05, 3.63) is 81.5 Å². The van der Waals surface area contributed by atoms with Gasteiger partial charge in [-0.05, 0) is 57.2 Å². The van der Waals surface area contributed by atoms with Gasteiger partial charge in [-0.3, -0.25) is 4.98 Å². The van der Waals surface area contributed by atoms with Crippen molar-refractivity contribution in [3.8, 4) is 0 Å². The first-order chi connectivity index (χ1) is 17.6. The molecule has 1 aliphatic carbocycles. The van der Waals surface area contributed by atoms with E-state index in [1.54, 1.807) is 18.5 Å². The highest BCUT2D eigenvalue weighted by atomic mass is 35.5. The molecular formula is C27H31Cl2N5O2S. The Bertz CT molecular complexity index is 1260. The molecule has 10 heteroatoms. The highest BCUT2D eigenvalue weighted by Gasteiger charge is 2.50. The molecule has 1 fully saturated rings. The van der Waals surface area contributed by atoms with E-state index in [1.807, 2.05) is 20.8 Å². The van der Waals surface area contributed by atoms with E-state index in [0.717, 1.165) is 38.2 Å². The van der Waals surface area contributed by atoms with Gasteiger partial charge in [0.25, 0.3) is 0 Å². The number of aliphatic hydroxyl groups excluding tert-OH is 1. The topological polar surface area (TPSA) is 97.2 Å². The minimum absolute atomic E-state index is 0.00201. The molecule has 7 nitrogen and oxygen atoms in total. The smallest absolute Gasteiger partial charge is 0.147 e. The van der Waals surface area contributed by atoms with Crippen molar-refractivity contribution < 1.29 is 9.66 Å². The van der Waals surface area contributed by atoms with Gasteiger partial charge in [-0.2, -0.15) is 0 Å². The van der Waals surface area contributed by atoms with Gasteiger partial charge in [-0.25, -0.2) is 9.97 Å². The number of anilines is 1. The monoisotopic (exact) mass is 559 g/mol. The second kappa shape index (κ2) is 10.3. The molecule has 2 aliphatic rings. The van der Waals surface area contributed by atoms with Gasteiger partial charge in [0.05, 0.1) is 29.2 Å². The van der Waals surface area contributed by atoms with Gasteiger partial charge < -0.3 is 14.6 Å². The van der Waals surface area contributed by atoms with Crippen LogP contribution in [0, 0.1) is 5.41 Å². The van der Waals surface area contributed by atoms with Crippen LogP contribution in [0.3, 0.4) is 0 Å². The number of benzene rings is 1. The summed E-state index contributed by atoms with van der Waals surface area (Å²) in [6.07, 6.45) is 6.58. The lowest BCUT2D eigenvalue weighted by Gasteiger charge is -2.44. The van der Waals surface area contributed by atoms with Crippen LogP contribution < -0.4 is 9.62 Å². The van der Waals surface area contributed by atoms with Crippen molar-refractivity contribution in [1.82, 2.24) is 19.7 Å². The number of aliphatic hydroxyl groups is 1. The zero-order chi connectivity index (χ0) is 26.4. The summed E-state index contributed by atoms with van der Waals surface area (Å²) in [5.74, 6) is 0.767. The second-order valence-electron chi connectivity index (χ2n) is 10.9. The second-order valence-corrected chi connectivity index (χ2v) is 13.6. The van der Waals surface area contributed by atoms with Crippen molar-refractivity contribution in [3.63, 3.8) is 0 Å². The predicted molar refractivity (Wildman–Crippen MR) is 148 cm³/mol. The van der Waals surface area contributed by atoms with Crippen LogP contribution in [0.5, 0.6) is 0 Å². The number of fused-ring (bicyclic) bond motifs is 1. The van der Waals surface area contributed by atoms with E-state index in [0.29, 0.717) is 11.3 Å². The zero-order valence-electron chi connectivity index (χ0n) is 21.1. The minimum Gasteiger partial charge on any atom is -0.598 e. The molecule has 2 aromatic heterocycles. The number of halogens is 2. The Kier molecular flexibility index (Phi) is 7.44. The molecule has 5 rings (SSSR count). The predicted octanol–water partition coefficient (Wildman–Crippen LogP) is 5.20. The normalized spacial score (nSPS) is 20.6. The number of nitrogens with one attached hydrogen (secondary N) is 1. The Labute approximate surface area is 231 Å². The van der Waals surface area contributed by atoms with Crippen LogP contribution in [0.4, 0.5) is 5.82 Å². The van der Waals surface area contributed by atoms with Crippen LogP contribution in [0.2, 0.25) is 10.2 Å². The first-order valence-electron chi connectivity index (χ1n) is 12.4. The van der Waals surface area contributed by atoms with E-state index in [2.05, 4.69) is 48.8 Å². The fourth-order valence-corrected chi connectivity index (χ4v) is 6.67. The fourth-order valence-electron chi connectivity index (χ4n) is 5.35. The minimum atomic E-state index is -1.16. The first-order valence-corrected chi connectivity index (χ1v) is 14.3. The third kappa shape index (κ3) is 5.20. The van der Waals surface area contributed by atoms with Gasteiger partial charge in [0, 0.05) is 41.6 Å². The summed E-state index contributed by atoms with van der Waals surface area (Å²) in [7, 11) is 0. The van der Waals surface area contributed by atoms with Crippen molar-refractivity contribution in [1.29, 1.82) is 0 Å². The molecule has 1 aromatic carbocycles. The van der Waals surface area contributed by atoms with Crippen LogP contribution in [0.25, 0.3) is 0 Å².